The molecule has 7 heteroatoms. The van der Waals surface area contributed by atoms with Gasteiger partial charge < -0.3 is 10.3 Å². The monoisotopic (exact) mass is 425 g/mol. The number of para-hydroxylation sites is 3. The number of anilines is 1. The van der Waals surface area contributed by atoms with E-state index in [2.05, 4.69) is 15.3 Å². The molecular weight excluding hydrogens is 410 g/mol. The smallest absolute Gasteiger partial charge is 0.234 e. The average Bonchev–Trinajstić information content (AvgIpc) is 3.13. The standard InChI is InChI=1S/C21H16ClN3OS2/c22-14-9-11-15(12-10-14)28-19-8-4-3-7-18(19)23-20(26)13-27-21-24-16-5-1-2-6-17(16)25-21/h1-12H,13H2,(H,23,26)(H,24,25). The Morgan fingerprint density at radius 2 is 1.75 bits per heavy atom. The number of thioether (sulfide) groups is 1. The molecule has 1 aromatic heterocycles. The molecule has 0 aliphatic heterocycles. The van der Waals surface area contributed by atoms with Gasteiger partial charge in [0, 0.05) is 14.8 Å². The summed E-state index contributed by atoms with van der Waals surface area (Å²) in [6.45, 7) is 0. The molecule has 0 aliphatic carbocycles. The van der Waals surface area contributed by atoms with Gasteiger partial charge in [0.05, 0.1) is 22.5 Å². The van der Waals surface area contributed by atoms with Crippen LogP contribution in [0.15, 0.2) is 87.7 Å². The van der Waals surface area contributed by atoms with Gasteiger partial charge in [0.25, 0.3) is 0 Å². The molecule has 0 fully saturated rings. The first-order chi connectivity index (χ1) is 13.7. The summed E-state index contributed by atoms with van der Waals surface area (Å²) in [6, 6.07) is 23.2. The number of nitrogens with one attached hydrogen (secondary N) is 2. The van der Waals surface area contributed by atoms with Gasteiger partial charge in [-0.3, -0.25) is 4.79 Å². The number of halogens is 1. The molecule has 0 saturated carbocycles. The maximum atomic E-state index is 12.4. The number of aromatic nitrogens is 2. The lowest BCUT2D eigenvalue weighted by atomic mass is 10.3. The maximum Gasteiger partial charge on any atom is 0.234 e. The molecule has 0 aliphatic rings. The van der Waals surface area contributed by atoms with E-state index in [9.17, 15) is 4.79 Å². The van der Waals surface area contributed by atoms with Crippen LogP contribution in [-0.2, 0) is 4.79 Å². The van der Waals surface area contributed by atoms with Crippen LogP contribution < -0.4 is 5.32 Å². The van der Waals surface area contributed by atoms with Crippen molar-refractivity contribution in [2.24, 2.45) is 0 Å². The second-order valence-electron chi connectivity index (χ2n) is 5.95. The Morgan fingerprint density at radius 3 is 2.57 bits per heavy atom. The first-order valence-corrected chi connectivity index (χ1v) is 10.8. The van der Waals surface area contributed by atoms with Gasteiger partial charge in [-0.15, -0.1) is 0 Å². The van der Waals surface area contributed by atoms with Crippen LogP contribution in [0.25, 0.3) is 11.0 Å². The highest BCUT2D eigenvalue weighted by atomic mass is 35.5. The molecule has 3 aromatic carbocycles. The third-order valence-corrected chi connectivity index (χ3v) is 6.12. The third kappa shape index (κ3) is 4.70. The van der Waals surface area contributed by atoms with E-state index >= 15 is 0 Å². The molecule has 0 radical (unpaired) electrons. The lowest BCUT2D eigenvalue weighted by molar-refractivity contribution is -0.113. The number of carbonyl (C=O) groups is 1. The average molecular weight is 426 g/mol. The van der Waals surface area contributed by atoms with Crippen molar-refractivity contribution in [3.8, 4) is 0 Å². The summed E-state index contributed by atoms with van der Waals surface area (Å²) in [6.07, 6.45) is 0. The Morgan fingerprint density at radius 1 is 1.00 bits per heavy atom. The van der Waals surface area contributed by atoms with Crippen molar-refractivity contribution in [1.82, 2.24) is 9.97 Å². The fourth-order valence-electron chi connectivity index (χ4n) is 2.61. The topological polar surface area (TPSA) is 57.8 Å². The Bertz CT molecular complexity index is 1080. The highest BCUT2D eigenvalue weighted by Crippen LogP contribution is 2.34. The highest BCUT2D eigenvalue weighted by molar-refractivity contribution is 8.00. The van der Waals surface area contributed by atoms with E-state index in [1.54, 1.807) is 11.8 Å². The second kappa shape index (κ2) is 8.73. The van der Waals surface area contributed by atoms with Gasteiger partial charge in [-0.1, -0.05) is 59.4 Å². The first-order valence-electron chi connectivity index (χ1n) is 8.57. The van der Waals surface area contributed by atoms with Gasteiger partial charge in [-0.05, 0) is 48.5 Å². The Labute approximate surface area is 176 Å². The summed E-state index contributed by atoms with van der Waals surface area (Å²) in [5, 5.41) is 4.44. The molecule has 0 spiro atoms. The minimum Gasteiger partial charge on any atom is -0.333 e. The lowest BCUT2D eigenvalue weighted by Gasteiger charge is -2.10. The van der Waals surface area contributed by atoms with Gasteiger partial charge in [-0.2, -0.15) is 0 Å². The molecule has 1 heterocycles. The molecule has 0 bridgehead atoms. The zero-order valence-electron chi connectivity index (χ0n) is 14.7. The van der Waals surface area contributed by atoms with Gasteiger partial charge >= 0.3 is 0 Å². The van der Waals surface area contributed by atoms with Crippen molar-refractivity contribution in [2.45, 2.75) is 14.9 Å². The largest absolute Gasteiger partial charge is 0.333 e. The van der Waals surface area contributed by atoms with E-state index in [1.165, 1.54) is 11.8 Å². The van der Waals surface area contributed by atoms with Crippen molar-refractivity contribution >= 4 is 57.8 Å². The number of fused-ring (bicyclic) bond motifs is 1. The number of benzene rings is 3. The fraction of sp³-hybridized carbons (Fsp3) is 0.0476. The summed E-state index contributed by atoms with van der Waals surface area (Å²) in [5.41, 5.74) is 2.66. The van der Waals surface area contributed by atoms with E-state index in [0.717, 1.165) is 31.7 Å². The summed E-state index contributed by atoms with van der Waals surface area (Å²) in [7, 11) is 0. The van der Waals surface area contributed by atoms with Crippen LogP contribution in [0.3, 0.4) is 0 Å². The molecule has 2 N–H and O–H groups in total. The number of aromatic amines is 1. The number of hydrogen-bond acceptors (Lipinski definition) is 4. The van der Waals surface area contributed by atoms with Crippen molar-refractivity contribution in [2.75, 3.05) is 11.1 Å². The Kier molecular flexibility index (Phi) is 5.90. The minimum atomic E-state index is -0.0744. The molecule has 4 nitrogen and oxygen atoms in total. The Hall–Kier alpha value is -2.41. The van der Waals surface area contributed by atoms with Crippen LogP contribution in [-0.4, -0.2) is 21.6 Å². The van der Waals surface area contributed by atoms with Gasteiger partial charge in [0.1, 0.15) is 0 Å². The quantitative estimate of drug-likeness (QED) is 0.366. The zero-order chi connectivity index (χ0) is 19.3. The SMILES string of the molecule is O=C(CSc1nc2ccccc2[nH]1)Nc1ccccc1Sc1ccc(Cl)cc1. The van der Waals surface area contributed by atoms with E-state index in [4.69, 9.17) is 11.6 Å². The van der Waals surface area contributed by atoms with Crippen LogP contribution >= 0.6 is 35.1 Å². The number of nitrogens with zero attached hydrogens (tertiary/aromatic N) is 1. The molecule has 140 valence electrons. The second-order valence-corrected chi connectivity index (χ2v) is 8.46. The van der Waals surface area contributed by atoms with Crippen LogP contribution in [0.4, 0.5) is 5.69 Å². The van der Waals surface area contributed by atoms with E-state index in [-0.39, 0.29) is 11.7 Å². The van der Waals surface area contributed by atoms with E-state index < -0.39 is 0 Å². The van der Waals surface area contributed by atoms with Crippen molar-refractivity contribution in [3.05, 3.63) is 77.8 Å². The van der Waals surface area contributed by atoms with E-state index in [1.807, 2.05) is 72.8 Å². The summed E-state index contributed by atoms with van der Waals surface area (Å²) >= 11 is 8.92. The molecular formula is C21H16ClN3OS2. The molecule has 28 heavy (non-hydrogen) atoms. The molecule has 0 saturated heterocycles. The van der Waals surface area contributed by atoms with Crippen LogP contribution in [0.5, 0.6) is 0 Å². The molecule has 0 unspecified atom stereocenters. The van der Waals surface area contributed by atoms with Crippen LogP contribution in [0.2, 0.25) is 5.02 Å². The fourth-order valence-corrected chi connectivity index (χ4v) is 4.32. The normalized spacial score (nSPS) is 10.9. The minimum absolute atomic E-state index is 0.0744. The number of rotatable bonds is 6. The van der Waals surface area contributed by atoms with Gasteiger partial charge in [0.15, 0.2) is 5.16 Å². The maximum absolute atomic E-state index is 12.4. The first kappa shape index (κ1) is 18.9. The number of imidazole rings is 1. The number of hydrogen-bond donors (Lipinski definition) is 2. The molecule has 1 amide bonds. The van der Waals surface area contributed by atoms with Gasteiger partial charge in [0.2, 0.25) is 5.91 Å². The predicted molar refractivity (Wildman–Crippen MR) is 117 cm³/mol. The summed E-state index contributed by atoms with van der Waals surface area (Å²) in [5.74, 6) is 0.203. The van der Waals surface area contributed by atoms with Crippen molar-refractivity contribution < 1.29 is 4.79 Å². The Balaban J connectivity index is 1.40. The molecule has 4 aromatic rings. The molecule has 0 atom stereocenters. The zero-order valence-corrected chi connectivity index (χ0v) is 17.1. The van der Waals surface area contributed by atoms with E-state index in [0.29, 0.717) is 5.02 Å². The molecule has 4 rings (SSSR count). The van der Waals surface area contributed by atoms with Crippen molar-refractivity contribution in [3.63, 3.8) is 0 Å². The number of carbonyl (C=O) groups excluding carboxylic acids is 1. The predicted octanol–water partition coefficient (Wildman–Crippen LogP) is 6.10. The van der Waals surface area contributed by atoms with Gasteiger partial charge in [-0.25, -0.2) is 4.98 Å². The third-order valence-electron chi connectivity index (χ3n) is 3.91. The lowest BCUT2D eigenvalue weighted by Crippen LogP contribution is -2.14. The summed E-state index contributed by atoms with van der Waals surface area (Å²) in [4.78, 5) is 22.2. The van der Waals surface area contributed by atoms with Crippen LogP contribution in [0.1, 0.15) is 0 Å². The van der Waals surface area contributed by atoms with Crippen LogP contribution in [0, 0.1) is 0 Å². The summed E-state index contributed by atoms with van der Waals surface area (Å²) < 4.78 is 0. The van der Waals surface area contributed by atoms with Crippen molar-refractivity contribution in [1.29, 1.82) is 0 Å². The number of H-pyrrole nitrogens is 1. The highest BCUT2D eigenvalue weighted by Gasteiger charge is 2.10. The number of amides is 1.